The Morgan fingerprint density at radius 1 is 1.11 bits per heavy atom. The lowest BCUT2D eigenvalue weighted by molar-refractivity contribution is 0.0724. The van der Waals surface area contributed by atoms with E-state index >= 15 is 0 Å². The molecule has 0 spiro atoms. The van der Waals surface area contributed by atoms with Crippen molar-refractivity contribution >= 4 is 5.91 Å². The first-order chi connectivity index (χ1) is 9.34. The van der Waals surface area contributed by atoms with Crippen molar-refractivity contribution in [2.45, 2.75) is 19.3 Å². The number of aromatic nitrogens is 1. The SMILES string of the molecule is O=C(c1ccc(-c2ncco2)cc1)N1CCCCC1. The number of benzene rings is 1. The van der Waals surface area contributed by atoms with Crippen molar-refractivity contribution in [2.24, 2.45) is 0 Å². The smallest absolute Gasteiger partial charge is 0.253 e. The van der Waals surface area contributed by atoms with Crippen LogP contribution >= 0.6 is 0 Å². The largest absolute Gasteiger partial charge is 0.445 e. The fourth-order valence-corrected chi connectivity index (χ4v) is 2.40. The summed E-state index contributed by atoms with van der Waals surface area (Å²) in [6.07, 6.45) is 6.61. The fraction of sp³-hybridized carbons (Fsp3) is 0.333. The minimum atomic E-state index is 0.124. The number of nitrogens with zero attached hydrogens (tertiary/aromatic N) is 2. The van der Waals surface area contributed by atoms with E-state index in [0.29, 0.717) is 5.89 Å². The molecule has 1 aliphatic rings. The zero-order valence-corrected chi connectivity index (χ0v) is 10.7. The molecule has 19 heavy (non-hydrogen) atoms. The van der Waals surface area contributed by atoms with Crippen molar-refractivity contribution in [1.29, 1.82) is 0 Å². The predicted octanol–water partition coefficient (Wildman–Crippen LogP) is 2.97. The molecule has 0 atom stereocenters. The van der Waals surface area contributed by atoms with Crippen molar-refractivity contribution in [2.75, 3.05) is 13.1 Å². The van der Waals surface area contributed by atoms with Crippen LogP contribution in [0, 0.1) is 0 Å². The molecule has 98 valence electrons. The van der Waals surface area contributed by atoms with Gasteiger partial charge in [-0.2, -0.15) is 0 Å². The van der Waals surface area contributed by atoms with Gasteiger partial charge in [0, 0.05) is 24.2 Å². The lowest BCUT2D eigenvalue weighted by Gasteiger charge is -2.26. The summed E-state index contributed by atoms with van der Waals surface area (Å²) in [6, 6.07) is 7.44. The molecular formula is C15H16N2O2. The van der Waals surface area contributed by atoms with E-state index in [4.69, 9.17) is 4.42 Å². The first-order valence-corrected chi connectivity index (χ1v) is 6.64. The quantitative estimate of drug-likeness (QED) is 0.829. The Morgan fingerprint density at radius 3 is 2.47 bits per heavy atom. The van der Waals surface area contributed by atoms with Crippen LogP contribution in [0.3, 0.4) is 0 Å². The number of carbonyl (C=O) groups is 1. The summed E-state index contributed by atoms with van der Waals surface area (Å²) < 4.78 is 5.23. The van der Waals surface area contributed by atoms with Gasteiger partial charge in [-0.1, -0.05) is 0 Å². The Hall–Kier alpha value is -2.10. The number of piperidine rings is 1. The number of hydrogen-bond donors (Lipinski definition) is 0. The molecule has 4 heteroatoms. The Morgan fingerprint density at radius 2 is 1.84 bits per heavy atom. The molecule has 1 aromatic carbocycles. The van der Waals surface area contributed by atoms with Crippen LogP contribution in [0.15, 0.2) is 41.1 Å². The first kappa shape index (κ1) is 12.0. The standard InChI is InChI=1S/C15H16N2O2/c18-15(17-9-2-1-3-10-17)13-6-4-12(5-7-13)14-16-8-11-19-14/h4-8,11H,1-3,9-10H2. The number of likely N-dealkylation sites (tertiary alicyclic amines) is 1. The van der Waals surface area contributed by atoms with Crippen molar-refractivity contribution in [3.8, 4) is 11.5 Å². The normalized spacial score (nSPS) is 15.5. The summed E-state index contributed by atoms with van der Waals surface area (Å²) in [7, 11) is 0. The van der Waals surface area contributed by atoms with E-state index in [2.05, 4.69) is 4.98 Å². The maximum Gasteiger partial charge on any atom is 0.253 e. The van der Waals surface area contributed by atoms with Crippen LogP contribution in [0.2, 0.25) is 0 Å². The van der Waals surface area contributed by atoms with E-state index in [1.807, 2.05) is 29.2 Å². The third-order valence-corrected chi connectivity index (χ3v) is 3.45. The molecule has 2 heterocycles. The highest BCUT2D eigenvalue weighted by Crippen LogP contribution is 2.19. The Kier molecular flexibility index (Phi) is 3.31. The highest BCUT2D eigenvalue weighted by molar-refractivity contribution is 5.94. The summed E-state index contributed by atoms with van der Waals surface area (Å²) in [6.45, 7) is 1.75. The van der Waals surface area contributed by atoms with E-state index in [0.717, 1.165) is 37.1 Å². The fourth-order valence-electron chi connectivity index (χ4n) is 2.40. The average molecular weight is 256 g/mol. The maximum absolute atomic E-state index is 12.3. The molecule has 0 aliphatic carbocycles. The van der Waals surface area contributed by atoms with Crippen LogP contribution in [0.4, 0.5) is 0 Å². The van der Waals surface area contributed by atoms with Gasteiger partial charge in [0.05, 0.1) is 6.20 Å². The van der Waals surface area contributed by atoms with Crippen LogP contribution in [0.5, 0.6) is 0 Å². The second-order valence-electron chi connectivity index (χ2n) is 4.77. The lowest BCUT2D eigenvalue weighted by atomic mass is 10.1. The first-order valence-electron chi connectivity index (χ1n) is 6.64. The van der Waals surface area contributed by atoms with Crippen LogP contribution in [-0.4, -0.2) is 28.9 Å². The van der Waals surface area contributed by atoms with Crippen molar-refractivity contribution in [1.82, 2.24) is 9.88 Å². The van der Waals surface area contributed by atoms with Gasteiger partial charge < -0.3 is 9.32 Å². The summed E-state index contributed by atoms with van der Waals surface area (Å²) in [5.74, 6) is 0.704. The van der Waals surface area contributed by atoms with Gasteiger partial charge in [-0.25, -0.2) is 4.98 Å². The molecule has 4 nitrogen and oxygen atoms in total. The third kappa shape index (κ3) is 2.52. The Labute approximate surface area is 112 Å². The van der Waals surface area contributed by atoms with Gasteiger partial charge in [-0.15, -0.1) is 0 Å². The van der Waals surface area contributed by atoms with E-state index in [9.17, 15) is 4.79 Å². The number of amides is 1. The van der Waals surface area contributed by atoms with Crippen LogP contribution < -0.4 is 0 Å². The lowest BCUT2D eigenvalue weighted by Crippen LogP contribution is -2.35. The number of rotatable bonds is 2. The molecule has 2 aromatic rings. The third-order valence-electron chi connectivity index (χ3n) is 3.45. The van der Waals surface area contributed by atoms with Gasteiger partial charge in [-0.3, -0.25) is 4.79 Å². The molecule has 3 rings (SSSR count). The Balaban J connectivity index is 1.76. The molecular weight excluding hydrogens is 240 g/mol. The minimum Gasteiger partial charge on any atom is -0.445 e. The van der Waals surface area contributed by atoms with Crippen LogP contribution in [-0.2, 0) is 0 Å². The van der Waals surface area contributed by atoms with E-state index in [1.54, 1.807) is 12.5 Å². The predicted molar refractivity (Wildman–Crippen MR) is 71.7 cm³/mol. The van der Waals surface area contributed by atoms with Gasteiger partial charge in [0.15, 0.2) is 0 Å². The van der Waals surface area contributed by atoms with Crippen LogP contribution in [0.25, 0.3) is 11.5 Å². The molecule has 0 saturated carbocycles. The summed E-state index contributed by atoms with van der Waals surface area (Å²) >= 11 is 0. The molecule has 0 radical (unpaired) electrons. The highest BCUT2D eigenvalue weighted by Gasteiger charge is 2.18. The van der Waals surface area contributed by atoms with Crippen molar-refractivity contribution < 1.29 is 9.21 Å². The van der Waals surface area contributed by atoms with E-state index < -0.39 is 0 Å². The highest BCUT2D eigenvalue weighted by atomic mass is 16.3. The number of carbonyl (C=O) groups excluding carboxylic acids is 1. The van der Waals surface area contributed by atoms with E-state index in [1.165, 1.54) is 6.42 Å². The van der Waals surface area contributed by atoms with Gasteiger partial charge in [0.25, 0.3) is 5.91 Å². The monoisotopic (exact) mass is 256 g/mol. The zero-order chi connectivity index (χ0) is 13.1. The second kappa shape index (κ2) is 5.26. The van der Waals surface area contributed by atoms with Gasteiger partial charge in [-0.05, 0) is 43.5 Å². The number of hydrogen-bond acceptors (Lipinski definition) is 3. The van der Waals surface area contributed by atoms with Gasteiger partial charge >= 0.3 is 0 Å². The molecule has 1 fully saturated rings. The molecule has 0 N–H and O–H groups in total. The molecule has 0 unspecified atom stereocenters. The van der Waals surface area contributed by atoms with E-state index in [-0.39, 0.29) is 5.91 Å². The molecule has 1 aliphatic heterocycles. The van der Waals surface area contributed by atoms with Gasteiger partial charge in [0.2, 0.25) is 5.89 Å². The molecule has 1 saturated heterocycles. The summed E-state index contributed by atoms with van der Waals surface area (Å²) in [5, 5.41) is 0. The molecule has 0 bridgehead atoms. The summed E-state index contributed by atoms with van der Waals surface area (Å²) in [4.78, 5) is 18.3. The maximum atomic E-state index is 12.3. The van der Waals surface area contributed by atoms with Crippen LogP contribution in [0.1, 0.15) is 29.6 Å². The number of oxazole rings is 1. The second-order valence-corrected chi connectivity index (χ2v) is 4.77. The minimum absolute atomic E-state index is 0.124. The Bertz CT molecular complexity index is 540. The zero-order valence-electron chi connectivity index (χ0n) is 10.7. The summed E-state index contributed by atoms with van der Waals surface area (Å²) in [5.41, 5.74) is 1.62. The van der Waals surface area contributed by atoms with Gasteiger partial charge in [0.1, 0.15) is 6.26 Å². The van der Waals surface area contributed by atoms with Crippen molar-refractivity contribution in [3.05, 3.63) is 42.3 Å². The molecule has 1 aromatic heterocycles. The van der Waals surface area contributed by atoms with Crippen molar-refractivity contribution in [3.63, 3.8) is 0 Å². The average Bonchev–Trinajstić information content (AvgIpc) is 3.02. The topological polar surface area (TPSA) is 46.3 Å². The molecule has 1 amide bonds.